The van der Waals surface area contributed by atoms with Crippen LogP contribution in [0.4, 0.5) is 0 Å². The zero-order valence-electron chi connectivity index (χ0n) is 29.9. The number of hydrogen-bond donors (Lipinski definition) is 2. The molecule has 4 heterocycles. The Hall–Kier alpha value is -4.80. The minimum atomic E-state index is -1.26. The maximum Gasteiger partial charge on any atom is 2.00 e. The predicted octanol–water partition coefficient (Wildman–Crippen LogP) is -0.111. The van der Waals surface area contributed by atoms with E-state index in [1.54, 1.807) is 24.8 Å². The fourth-order valence-corrected chi connectivity index (χ4v) is 5.34. The van der Waals surface area contributed by atoms with E-state index in [-0.39, 0.29) is 73.5 Å². The van der Waals surface area contributed by atoms with Gasteiger partial charge in [-0.1, -0.05) is 48.5 Å². The van der Waals surface area contributed by atoms with Crippen LogP contribution < -0.4 is 20.4 Å². The van der Waals surface area contributed by atoms with E-state index in [9.17, 15) is 49.2 Å². The molecule has 0 spiro atoms. The molecule has 6 aromatic rings. The topological polar surface area (TPSA) is 287 Å². The zero-order valence-corrected chi connectivity index (χ0v) is 38.3. The largest absolute Gasteiger partial charge is 2.00 e. The van der Waals surface area contributed by atoms with Crippen LogP contribution in [0.1, 0.15) is 0 Å². The smallest absolute Gasteiger partial charge is 0.549 e. The first-order valence-corrected chi connectivity index (χ1v) is 18.9. The molecular formula is C36H30N4O12S3Zn2. The molecule has 0 atom stereocenters. The van der Waals surface area contributed by atoms with Crippen molar-refractivity contribution < 1.29 is 98.4 Å². The summed E-state index contributed by atoms with van der Waals surface area (Å²) in [7, 11) is 0. The van der Waals surface area contributed by atoms with Gasteiger partial charge in [0, 0.05) is 69.3 Å². The second-order valence-corrected chi connectivity index (χ2v) is 13.1. The predicted molar refractivity (Wildman–Crippen MR) is 201 cm³/mol. The summed E-state index contributed by atoms with van der Waals surface area (Å²) in [6.45, 7) is 0. The number of benzene rings is 2. The molecule has 0 saturated carbocycles. The van der Waals surface area contributed by atoms with Gasteiger partial charge in [-0.25, -0.2) is 0 Å². The number of rotatable bonds is 12. The summed E-state index contributed by atoms with van der Waals surface area (Å²) in [5.41, 5.74) is 3.91. The average Bonchev–Trinajstić information content (AvgIpc) is 3.15. The fraction of sp³-hybridized carbons (Fsp3) is 0.167. The summed E-state index contributed by atoms with van der Waals surface area (Å²) in [6.07, 6.45) is 7.21. The van der Waals surface area contributed by atoms with Gasteiger partial charge < -0.3 is 49.8 Å². The fourth-order valence-electron chi connectivity index (χ4n) is 4.02. The first-order valence-electron chi connectivity index (χ1n) is 15.4. The number of carboxylic acid groups (broad SMARTS) is 6. The van der Waals surface area contributed by atoms with Crippen molar-refractivity contribution in [1.82, 2.24) is 19.9 Å². The molecule has 0 aliphatic rings. The SMILES string of the molecule is O=C(O)CSCC(=O)O.O=C([O-])CSCC(=O)[O-].O=C([O-])CSCC(=O)[O-].[Zn+2].[Zn+2].c1cnc2c(c1)ccc1cccnc12.c1cnc2c(c1)ccc1cccnc12. The van der Waals surface area contributed by atoms with Crippen molar-refractivity contribution in [3.05, 3.63) is 97.6 Å². The van der Waals surface area contributed by atoms with Crippen molar-refractivity contribution in [2.75, 3.05) is 34.5 Å². The average molecular weight is 938 g/mol. The molecule has 0 amide bonds. The number of carbonyl (C=O) groups is 6. The quantitative estimate of drug-likeness (QED) is 0.120. The molecule has 288 valence electrons. The van der Waals surface area contributed by atoms with Gasteiger partial charge >= 0.3 is 50.9 Å². The van der Waals surface area contributed by atoms with Gasteiger partial charge in [0.1, 0.15) is 0 Å². The molecule has 2 N–H and O–H groups in total. The van der Waals surface area contributed by atoms with Crippen LogP contribution in [0.3, 0.4) is 0 Å². The molecular weight excluding hydrogens is 907 g/mol. The Kier molecular flexibility index (Phi) is 27.0. The van der Waals surface area contributed by atoms with Gasteiger partial charge in [0.25, 0.3) is 0 Å². The van der Waals surface area contributed by atoms with E-state index in [0.29, 0.717) is 0 Å². The van der Waals surface area contributed by atoms with Gasteiger partial charge in [-0.2, -0.15) is 0 Å². The minimum absolute atomic E-state index is 0. The summed E-state index contributed by atoms with van der Waals surface area (Å²) >= 11 is 2.36. The second kappa shape index (κ2) is 29.4. The van der Waals surface area contributed by atoms with E-state index < -0.39 is 35.8 Å². The van der Waals surface area contributed by atoms with Crippen LogP contribution in [0.2, 0.25) is 0 Å². The van der Waals surface area contributed by atoms with E-state index in [0.717, 1.165) is 78.9 Å². The van der Waals surface area contributed by atoms with Crippen LogP contribution in [-0.4, -0.2) is 100 Å². The van der Waals surface area contributed by atoms with E-state index in [1.165, 1.54) is 0 Å². The third-order valence-electron chi connectivity index (χ3n) is 6.02. The molecule has 6 rings (SSSR count). The molecule has 0 radical (unpaired) electrons. The number of fused-ring (bicyclic) bond motifs is 6. The van der Waals surface area contributed by atoms with Crippen LogP contribution in [0.5, 0.6) is 0 Å². The van der Waals surface area contributed by atoms with Gasteiger partial charge in [0.05, 0.1) is 57.4 Å². The Morgan fingerprint density at radius 1 is 0.404 bits per heavy atom. The van der Waals surface area contributed by atoms with Crippen molar-refractivity contribution in [1.29, 1.82) is 0 Å². The van der Waals surface area contributed by atoms with Crippen LogP contribution in [0, 0.1) is 0 Å². The van der Waals surface area contributed by atoms with Gasteiger partial charge in [0.2, 0.25) is 0 Å². The standard InChI is InChI=1S/2C12H8N2.3C4H6O4S.2Zn/c2*1-3-9-5-6-10-4-2-8-14-12(10)11(9)13-7-1;3*5-3(6)1-9-2-4(7)8;;/h2*1-8H;3*1-2H2,(H,5,6)(H,7,8);;/q;;;;;2*+2/p-4. The number of aliphatic carboxylic acids is 6. The molecule has 0 aliphatic heterocycles. The number of nitrogens with zero attached hydrogens (tertiary/aromatic N) is 4. The van der Waals surface area contributed by atoms with Crippen LogP contribution in [0.15, 0.2) is 97.6 Å². The summed E-state index contributed by atoms with van der Waals surface area (Å²) in [5.74, 6) is -8.50. The van der Waals surface area contributed by atoms with E-state index >= 15 is 0 Å². The Labute approximate surface area is 362 Å². The molecule has 2 aromatic carbocycles. The molecule has 0 aliphatic carbocycles. The van der Waals surface area contributed by atoms with Gasteiger partial charge in [0.15, 0.2) is 0 Å². The van der Waals surface area contributed by atoms with Crippen molar-refractivity contribution in [3.63, 3.8) is 0 Å². The Morgan fingerprint density at radius 2 is 0.614 bits per heavy atom. The molecule has 0 unspecified atom stereocenters. The molecule has 21 heteroatoms. The van der Waals surface area contributed by atoms with E-state index in [2.05, 4.69) is 68.5 Å². The number of carboxylic acids is 6. The summed E-state index contributed by atoms with van der Waals surface area (Å²) in [4.78, 5) is 75.5. The Morgan fingerprint density at radius 3 is 0.807 bits per heavy atom. The van der Waals surface area contributed by atoms with E-state index in [4.69, 9.17) is 10.2 Å². The Balaban J connectivity index is 0.000000697. The normalized spacial score (nSPS) is 9.54. The first-order chi connectivity index (χ1) is 26.3. The minimum Gasteiger partial charge on any atom is -0.549 e. The molecule has 57 heavy (non-hydrogen) atoms. The third-order valence-corrected chi connectivity index (χ3v) is 8.68. The van der Waals surface area contributed by atoms with Crippen molar-refractivity contribution in [2.45, 2.75) is 0 Å². The van der Waals surface area contributed by atoms with Gasteiger partial charge in [-0.3, -0.25) is 29.5 Å². The third kappa shape index (κ3) is 21.9. The van der Waals surface area contributed by atoms with Gasteiger partial charge in [-0.05, 0) is 24.3 Å². The zero-order chi connectivity index (χ0) is 40.6. The van der Waals surface area contributed by atoms with Crippen molar-refractivity contribution >= 4 is 115 Å². The van der Waals surface area contributed by atoms with E-state index in [1.807, 2.05) is 24.3 Å². The van der Waals surface area contributed by atoms with Crippen LogP contribution in [-0.2, 0) is 67.7 Å². The maximum atomic E-state index is 9.77. The molecule has 0 saturated heterocycles. The number of hydrogen-bond acceptors (Lipinski definition) is 17. The first kappa shape index (κ1) is 52.2. The monoisotopic (exact) mass is 934 g/mol. The summed E-state index contributed by atoms with van der Waals surface area (Å²) in [6, 6.07) is 24.3. The van der Waals surface area contributed by atoms with Crippen LogP contribution >= 0.6 is 35.3 Å². The van der Waals surface area contributed by atoms with Gasteiger partial charge in [-0.15, -0.1) is 35.3 Å². The molecule has 0 bridgehead atoms. The summed E-state index contributed by atoms with van der Waals surface area (Å²) < 4.78 is 0. The van der Waals surface area contributed by atoms with Crippen molar-refractivity contribution in [3.8, 4) is 0 Å². The molecule has 16 nitrogen and oxygen atoms in total. The number of carbonyl (C=O) groups excluding carboxylic acids is 4. The molecule has 4 aromatic heterocycles. The molecule has 0 fully saturated rings. The van der Waals surface area contributed by atoms with Crippen molar-refractivity contribution in [2.24, 2.45) is 0 Å². The van der Waals surface area contributed by atoms with Crippen LogP contribution in [0.25, 0.3) is 43.6 Å². The number of aromatic nitrogens is 4. The maximum absolute atomic E-state index is 9.77. The second-order valence-electron chi connectivity index (χ2n) is 10.2. The Bertz CT molecular complexity index is 1900. The number of pyridine rings is 4. The summed E-state index contributed by atoms with van der Waals surface area (Å²) in [5, 5.41) is 59.1. The number of thioether (sulfide) groups is 3.